The fraction of sp³-hybridized carbons (Fsp3) is 0.250. The fourth-order valence-electron chi connectivity index (χ4n) is 1.24. The van der Waals surface area contributed by atoms with Crippen molar-refractivity contribution in [2.24, 2.45) is 0 Å². The molecule has 1 heterocycles. The molecule has 0 spiro atoms. The first-order valence-electron chi connectivity index (χ1n) is 4.03. The highest BCUT2D eigenvalue weighted by Gasteiger charge is 2.41. The first-order valence-corrected chi connectivity index (χ1v) is 4.03. The van der Waals surface area contributed by atoms with Gasteiger partial charge in [-0.15, -0.1) is 0 Å². The summed E-state index contributed by atoms with van der Waals surface area (Å²) in [5.74, 6) is -1.98. The summed E-state index contributed by atoms with van der Waals surface area (Å²) in [5.41, 5.74) is -1.08. The molecule has 3 N–H and O–H groups in total. The molecule has 9 heteroatoms. The number of nitrogen functional groups attached to an aromatic ring is 1. The van der Waals surface area contributed by atoms with Crippen molar-refractivity contribution in [1.82, 2.24) is 4.98 Å². The van der Waals surface area contributed by atoms with Gasteiger partial charge in [-0.05, 0) is 0 Å². The maximum absolute atomic E-state index is 12.5. The van der Waals surface area contributed by atoms with Crippen LogP contribution >= 0.6 is 0 Å². The summed E-state index contributed by atoms with van der Waals surface area (Å²) in [6.07, 6.45) is -8.44. The molecule has 0 aromatic carbocycles. The largest absolute Gasteiger partial charge is 0.476 e. The Morgan fingerprint density at radius 1 is 1.41 bits per heavy atom. The van der Waals surface area contributed by atoms with Crippen molar-refractivity contribution in [2.45, 2.75) is 12.6 Å². The van der Waals surface area contributed by atoms with Crippen LogP contribution in [0.15, 0.2) is 6.20 Å². The van der Waals surface area contributed by atoms with Crippen LogP contribution in [0.2, 0.25) is 0 Å². The Morgan fingerprint density at radius 2 is 1.94 bits per heavy atom. The summed E-state index contributed by atoms with van der Waals surface area (Å²) in [5, 5.41) is 8.49. The number of rotatable bonds is 2. The van der Waals surface area contributed by atoms with Crippen LogP contribution in [-0.4, -0.2) is 16.1 Å². The number of aromatic nitrogens is 1. The van der Waals surface area contributed by atoms with Gasteiger partial charge in [-0.3, -0.25) is 0 Å². The molecule has 0 unspecified atom stereocenters. The summed E-state index contributed by atoms with van der Waals surface area (Å²) in [6, 6.07) is 0. The van der Waals surface area contributed by atoms with Crippen molar-refractivity contribution in [2.75, 3.05) is 5.73 Å². The van der Waals surface area contributed by atoms with Crippen molar-refractivity contribution in [3.63, 3.8) is 0 Å². The normalized spacial score (nSPS) is 11.9. The first kappa shape index (κ1) is 13.1. The molecule has 0 aliphatic carbocycles. The minimum Gasteiger partial charge on any atom is -0.476 e. The summed E-state index contributed by atoms with van der Waals surface area (Å²) < 4.78 is 62.4. The molecule has 0 saturated carbocycles. The number of hydrogen-bond acceptors (Lipinski definition) is 3. The number of carboxylic acids is 1. The number of carbonyl (C=O) groups is 1. The molecule has 0 saturated heterocycles. The average Bonchev–Trinajstić information content (AvgIpc) is 2.14. The minimum absolute atomic E-state index is 0.387. The summed E-state index contributed by atoms with van der Waals surface area (Å²) in [7, 11) is 0. The second-order valence-electron chi connectivity index (χ2n) is 2.95. The van der Waals surface area contributed by atoms with Gasteiger partial charge >= 0.3 is 12.1 Å². The molecule has 94 valence electrons. The lowest BCUT2D eigenvalue weighted by molar-refractivity contribution is -0.138. The molecule has 1 aromatic rings. The molecule has 0 aliphatic rings. The number of nitrogens with zero attached hydrogens (tertiary/aromatic N) is 1. The van der Waals surface area contributed by atoms with Gasteiger partial charge in [0.2, 0.25) is 0 Å². The smallest absolute Gasteiger partial charge is 0.419 e. The maximum atomic E-state index is 12.5. The topological polar surface area (TPSA) is 76.2 Å². The Balaban J connectivity index is 3.67. The van der Waals surface area contributed by atoms with Crippen LogP contribution in [-0.2, 0) is 6.18 Å². The molecule has 4 nitrogen and oxygen atoms in total. The van der Waals surface area contributed by atoms with E-state index in [1.165, 1.54) is 0 Å². The molecule has 17 heavy (non-hydrogen) atoms. The third-order valence-corrected chi connectivity index (χ3v) is 1.85. The van der Waals surface area contributed by atoms with E-state index >= 15 is 0 Å². The van der Waals surface area contributed by atoms with Crippen LogP contribution in [0.3, 0.4) is 0 Å². The zero-order valence-electron chi connectivity index (χ0n) is 7.92. The SMILES string of the molecule is Nc1cnc(C(=O)O)c(C(F)F)c1C(F)(F)F. The predicted octanol–water partition coefficient (Wildman–Crippen LogP) is 2.32. The van der Waals surface area contributed by atoms with Gasteiger partial charge in [0, 0.05) is 0 Å². The van der Waals surface area contributed by atoms with Gasteiger partial charge in [-0.1, -0.05) is 0 Å². The average molecular weight is 256 g/mol. The van der Waals surface area contributed by atoms with Crippen LogP contribution in [0.1, 0.15) is 28.0 Å². The second-order valence-corrected chi connectivity index (χ2v) is 2.95. The van der Waals surface area contributed by atoms with E-state index in [0.717, 1.165) is 0 Å². The maximum Gasteiger partial charge on any atom is 0.419 e. The zero-order chi connectivity index (χ0) is 13.4. The van der Waals surface area contributed by atoms with Crippen LogP contribution in [0.4, 0.5) is 27.6 Å². The highest BCUT2D eigenvalue weighted by molar-refractivity contribution is 5.88. The third kappa shape index (κ3) is 2.43. The minimum atomic E-state index is -5.18. The van der Waals surface area contributed by atoms with Crippen molar-refractivity contribution in [3.05, 3.63) is 23.0 Å². The van der Waals surface area contributed by atoms with E-state index in [0.29, 0.717) is 6.20 Å². The Hall–Kier alpha value is -1.93. The van der Waals surface area contributed by atoms with Gasteiger partial charge in [-0.25, -0.2) is 18.6 Å². The Morgan fingerprint density at radius 3 is 2.29 bits per heavy atom. The molecule has 0 aliphatic heterocycles. The van der Waals surface area contributed by atoms with Gasteiger partial charge < -0.3 is 10.8 Å². The standard InChI is InChI=1S/C8H5F5N2O2/c9-6(10)3-4(8(11,12)13)2(14)1-15-5(3)7(16)17/h1,6H,14H2,(H,16,17). The molecule has 0 bridgehead atoms. The molecule has 0 atom stereocenters. The summed E-state index contributed by atoms with van der Waals surface area (Å²) in [6.45, 7) is 0. The lowest BCUT2D eigenvalue weighted by atomic mass is 10.0. The monoisotopic (exact) mass is 256 g/mol. The first-order chi connectivity index (χ1) is 7.66. The molecule has 0 amide bonds. The lowest BCUT2D eigenvalue weighted by Gasteiger charge is -2.15. The molecule has 1 rings (SSSR count). The van der Waals surface area contributed by atoms with E-state index in [1.807, 2.05) is 0 Å². The van der Waals surface area contributed by atoms with Crippen LogP contribution in [0, 0.1) is 0 Å². The van der Waals surface area contributed by atoms with Gasteiger partial charge in [0.15, 0.2) is 5.69 Å². The van der Waals surface area contributed by atoms with Crippen LogP contribution in [0.25, 0.3) is 0 Å². The van der Waals surface area contributed by atoms with Gasteiger partial charge in [0.25, 0.3) is 6.43 Å². The number of anilines is 1. The number of halogens is 5. The van der Waals surface area contributed by atoms with E-state index < -0.39 is 41.1 Å². The number of aromatic carboxylic acids is 1. The number of hydrogen-bond donors (Lipinski definition) is 2. The Labute approximate surface area is 90.9 Å². The van der Waals surface area contributed by atoms with Crippen LogP contribution in [0.5, 0.6) is 0 Å². The van der Waals surface area contributed by atoms with Gasteiger partial charge in [0.1, 0.15) is 0 Å². The van der Waals surface area contributed by atoms with E-state index in [1.54, 1.807) is 0 Å². The van der Waals surface area contributed by atoms with Crippen LogP contribution < -0.4 is 5.73 Å². The molecule has 1 aromatic heterocycles. The van der Waals surface area contributed by atoms with Crippen molar-refractivity contribution in [1.29, 1.82) is 0 Å². The van der Waals surface area contributed by atoms with E-state index in [4.69, 9.17) is 10.8 Å². The third-order valence-electron chi connectivity index (χ3n) is 1.85. The molecular formula is C8H5F5N2O2. The summed E-state index contributed by atoms with van der Waals surface area (Å²) in [4.78, 5) is 13.5. The highest BCUT2D eigenvalue weighted by Crippen LogP contribution is 2.40. The van der Waals surface area contributed by atoms with Gasteiger partial charge in [0.05, 0.1) is 23.0 Å². The Kier molecular flexibility index (Phi) is 3.21. The number of alkyl halides is 5. The highest BCUT2D eigenvalue weighted by atomic mass is 19.4. The van der Waals surface area contributed by atoms with Gasteiger partial charge in [-0.2, -0.15) is 13.2 Å². The van der Waals surface area contributed by atoms with E-state index in [-0.39, 0.29) is 0 Å². The quantitative estimate of drug-likeness (QED) is 0.796. The zero-order valence-corrected chi connectivity index (χ0v) is 7.92. The number of carboxylic acid groups (broad SMARTS) is 1. The molecule has 0 radical (unpaired) electrons. The summed E-state index contributed by atoms with van der Waals surface area (Å²) >= 11 is 0. The fourth-order valence-corrected chi connectivity index (χ4v) is 1.24. The van der Waals surface area contributed by atoms with Crippen molar-refractivity contribution in [3.8, 4) is 0 Å². The number of nitrogens with two attached hydrogens (primary N) is 1. The van der Waals surface area contributed by atoms with E-state index in [9.17, 15) is 26.7 Å². The second kappa shape index (κ2) is 4.15. The lowest BCUT2D eigenvalue weighted by Crippen LogP contribution is -2.18. The molecule has 0 fully saturated rings. The van der Waals surface area contributed by atoms with Crippen molar-refractivity contribution >= 4 is 11.7 Å². The van der Waals surface area contributed by atoms with E-state index in [2.05, 4.69) is 4.98 Å². The number of pyridine rings is 1. The van der Waals surface area contributed by atoms with Crippen molar-refractivity contribution < 1.29 is 31.9 Å². The Bertz CT molecular complexity index is 458. The predicted molar refractivity (Wildman–Crippen MR) is 45.6 cm³/mol. The molecular weight excluding hydrogens is 251 g/mol.